The average molecular weight is 325 g/mol. The first kappa shape index (κ1) is 17.1. The van der Waals surface area contributed by atoms with E-state index in [-0.39, 0.29) is 6.03 Å². The maximum atomic E-state index is 12.2. The van der Waals surface area contributed by atoms with E-state index in [2.05, 4.69) is 5.32 Å². The van der Waals surface area contributed by atoms with Crippen LogP contribution in [0.5, 0.6) is 0 Å². The Morgan fingerprint density at radius 2 is 2.18 bits per heavy atom. The van der Waals surface area contributed by atoms with Crippen molar-refractivity contribution < 1.29 is 9.53 Å². The van der Waals surface area contributed by atoms with Crippen LogP contribution in [0.15, 0.2) is 24.3 Å². The van der Waals surface area contributed by atoms with Crippen molar-refractivity contribution in [3.63, 3.8) is 0 Å². The molecular weight excluding hydrogens is 300 g/mol. The molecule has 0 saturated carbocycles. The highest BCUT2D eigenvalue weighted by atomic mass is 35.5. The lowest BCUT2D eigenvalue weighted by Gasteiger charge is -2.24. The number of amides is 2. The summed E-state index contributed by atoms with van der Waals surface area (Å²) in [6.07, 6.45) is 3.33. The van der Waals surface area contributed by atoms with Crippen molar-refractivity contribution in [1.29, 1.82) is 0 Å². The van der Waals surface area contributed by atoms with Crippen LogP contribution < -0.4 is 5.32 Å². The Hall–Kier alpha value is -1.26. The Labute approximate surface area is 137 Å². The molecular formula is C17H25ClN2O2. The first-order valence-corrected chi connectivity index (χ1v) is 8.41. The van der Waals surface area contributed by atoms with Crippen LogP contribution in [-0.4, -0.2) is 37.2 Å². The van der Waals surface area contributed by atoms with Crippen molar-refractivity contribution in [3.05, 3.63) is 34.9 Å². The number of rotatable bonds is 6. The summed E-state index contributed by atoms with van der Waals surface area (Å²) in [7, 11) is 0. The highest BCUT2D eigenvalue weighted by Gasteiger charge is 2.15. The minimum Gasteiger partial charge on any atom is -0.381 e. The molecule has 1 atom stereocenters. The normalized spacial score (nSPS) is 18.0. The zero-order chi connectivity index (χ0) is 15.8. The van der Waals surface area contributed by atoms with E-state index in [0.29, 0.717) is 30.6 Å². The predicted molar refractivity (Wildman–Crippen MR) is 89.1 cm³/mol. The highest BCUT2D eigenvalue weighted by Crippen LogP contribution is 2.16. The van der Waals surface area contributed by atoms with Crippen molar-refractivity contribution in [3.8, 4) is 0 Å². The topological polar surface area (TPSA) is 41.6 Å². The van der Waals surface area contributed by atoms with E-state index >= 15 is 0 Å². The molecule has 4 nitrogen and oxygen atoms in total. The van der Waals surface area contributed by atoms with Gasteiger partial charge < -0.3 is 15.0 Å². The van der Waals surface area contributed by atoms with Crippen molar-refractivity contribution in [2.45, 2.75) is 32.7 Å². The van der Waals surface area contributed by atoms with Gasteiger partial charge in [-0.15, -0.1) is 0 Å². The van der Waals surface area contributed by atoms with Crippen LogP contribution in [0.1, 0.15) is 31.7 Å². The largest absolute Gasteiger partial charge is 0.381 e. The van der Waals surface area contributed by atoms with E-state index in [4.69, 9.17) is 16.3 Å². The van der Waals surface area contributed by atoms with Gasteiger partial charge >= 0.3 is 6.03 Å². The summed E-state index contributed by atoms with van der Waals surface area (Å²) in [6.45, 7) is 5.70. The summed E-state index contributed by atoms with van der Waals surface area (Å²) in [6, 6.07) is 7.61. The SMILES string of the molecule is CCN(Cc1ccc(Cl)cc1)C(=O)NCC[C@@H]1CCCOC1. The van der Waals surface area contributed by atoms with Gasteiger partial charge in [0.2, 0.25) is 0 Å². The third kappa shape index (κ3) is 5.50. The molecule has 1 saturated heterocycles. The monoisotopic (exact) mass is 324 g/mol. The van der Waals surface area contributed by atoms with Crippen molar-refractivity contribution >= 4 is 17.6 Å². The van der Waals surface area contributed by atoms with Crippen LogP contribution >= 0.6 is 11.6 Å². The van der Waals surface area contributed by atoms with Gasteiger partial charge in [-0.25, -0.2) is 4.79 Å². The van der Waals surface area contributed by atoms with Gasteiger partial charge in [-0.1, -0.05) is 23.7 Å². The van der Waals surface area contributed by atoms with Crippen molar-refractivity contribution in [2.24, 2.45) is 5.92 Å². The zero-order valence-electron chi connectivity index (χ0n) is 13.2. The summed E-state index contributed by atoms with van der Waals surface area (Å²) in [5.74, 6) is 0.584. The van der Waals surface area contributed by atoms with E-state index in [1.54, 1.807) is 4.90 Å². The molecule has 22 heavy (non-hydrogen) atoms. The van der Waals surface area contributed by atoms with Gasteiger partial charge in [-0.2, -0.15) is 0 Å². The first-order valence-electron chi connectivity index (χ1n) is 8.04. The molecule has 0 bridgehead atoms. The fourth-order valence-corrected chi connectivity index (χ4v) is 2.79. The maximum absolute atomic E-state index is 12.2. The Morgan fingerprint density at radius 3 is 2.82 bits per heavy atom. The number of nitrogens with one attached hydrogen (secondary N) is 1. The lowest BCUT2D eigenvalue weighted by atomic mass is 9.99. The standard InChI is InChI=1S/C17H25ClN2O2/c1-2-20(12-14-5-7-16(18)8-6-14)17(21)19-10-9-15-4-3-11-22-13-15/h5-8,15H,2-4,9-13H2,1H3,(H,19,21)/t15-/m0/s1. The number of halogens is 1. The quantitative estimate of drug-likeness (QED) is 0.867. The van der Waals surface area contributed by atoms with Gasteiger partial charge in [-0.3, -0.25) is 0 Å². The molecule has 1 aliphatic heterocycles. The van der Waals surface area contributed by atoms with E-state index in [9.17, 15) is 4.79 Å². The van der Waals surface area contributed by atoms with Gasteiger partial charge in [0.15, 0.2) is 0 Å². The molecule has 1 aromatic carbocycles. The van der Waals surface area contributed by atoms with Crippen LogP contribution in [0.2, 0.25) is 5.02 Å². The van der Waals surface area contributed by atoms with E-state index in [1.165, 1.54) is 6.42 Å². The second-order valence-electron chi connectivity index (χ2n) is 5.74. The number of carbonyl (C=O) groups is 1. The number of urea groups is 1. The molecule has 2 rings (SSSR count). The number of nitrogens with zero attached hydrogens (tertiary/aromatic N) is 1. The molecule has 0 radical (unpaired) electrons. The summed E-state index contributed by atoms with van der Waals surface area (Å²) in [5, 5.41) is 3.73. The van der Waals surface area contributed by atoms with Crippen LogP contribution in [0.25, 0.3) is 0 Å². The maximum Gasteiger partial charge on any atom is 0.317 e. The molecule has 0 aliphatic carbocycles. The number of benzene rings is 1. The second kappa shape index (κ2) is 9.01. The lowest BCUT2D eigenvalue weighted by molar-refractivity contribution is 0.0518. The van der Waals surface area contributed by atoms with Crippen molar-refractivity contribution in [1.82, 2.24) is 10.2 Å². The zero-order valence-corrected chi connectivity index (χ0v) is 13.9. The third-order valence-electron chi connectivity index (χ3n) is 4.04. The Kier molecular flexibility index (Phi) is 7.00. The van der Waals surface area contributed by atoms with Gasteiger partial charge in [0, 0.05) is 37.9 Å². The molecule has 122 valence electrons. The van der Waals surface area contributed by atoms with Crippen LogP contribution in [0, 0.1) is 5.92 Å². The average Bonchev–Trinajstić information content (AvgIpc) is 2.55. The Morgan fingerprint density at radius 1 is 1.41 bits per heavy atom. The van der Waals surface area contributed by atoms with E-state index in [0.717, 1.165) is 31.6 Å². The smallest absolute Gasteiger partial charge is 0.317 e. The molecule has 5 heteroatoms. The molecule has 2 amide bonds. The van der Waals surface area contributed by atoms with Gasteiger partial charge in [0.1, 0.15) is 0 Å². The molecule has 1 N–H and O–H groups in total. The highest BCUT2D eigenvalue weighted by molar-refractivity contribution is 6.30. The number of carbonyl (C=O) groups excluding carboxylic acids is 1. The Balaban J connectivity index is 1.74. The van der Waals surface area contributed by atoms with Crippen LogP contribution in [0.4, 0.5) is 4.79 Å². The third-order valence-corrected chi connectivity index (χ3v) is 4.29. The number of hydrogen-bond donors (Lipinski definition) is 1. The van der Waals surface area contributed by atoms with Gasteiger partial charge in [0.25, 0.3) is 0 Å². The first-order chi connectivity index (χ1) is 10.7. The molecule has 1 aliphatic rings. The second-order valence-corrected chi connectivity index (χ2v) is 6.18. The number of hydrogen-bond acceptors (Lipinski definition) is 2. The van der Waals surface area contributed by atoms with Crippen LogP contribution in [-0.2, 0) is 11.3 Å². The molecule has 0 aromatic heterocycles. The van der Waals surface area contributed by atoms with Gasteiger partial charge in [0.05, 0.1) is 0 Å². The summed E-state index contributed by atoms with van der Waals surface area (Å²) in [4.78, 5) is 14.1. The summed E-state index contributed by atoms with van der Waals surface area (Å²) in [5.41, 5.74) is 1.09. The van der Waals surface area contributed by atoms with Gasteiger partial charge in [-0.05, 0) is 49.8 Å². The van der Waals surface area contributed by atoms with E-state index < -0.39 is 0 Å². The minimum atomic E-state index is -0.00539. The fourth-order valence-electron chi connectivity index (χ4n) is 2.67. The molecule has 1 fully saturated rings. The minimum absolute atomic E-state index is 0.00539. The number of ether oxygens (including phenoxy) is 1. The lowest BCUT2D eigenvalue weighted by Crippen LogP contribution is -2.40. The van der Waals surface area contributed by atoms with Crippen molar-refractivity contribution in [2.75, 3.05) is 26.3 Å². The van der Waals surface area contributed by atoms with E-state index in [1.807, 2.05) is 31.2 Å². The Bertz CT molecular complexity index is 458. The molecule has 1 heterocycles. The summed E-state index contributed by atoms with van der Waals surface area (Å²) >= 11 is 5.88. The fraction of sp³-hybridized carbons (Fsp3) is 0.588. The van der Waals surface area contributed by atoms with Crippen LogP contribution in [0.3, 0.4) is 0 Å². The predicted octanol–water partition coefficient (Wildman–Crippen LogP) is 3.69. The molecule has 1 aromatic rings. The molecule has 0 spiro atoms. The summed E-state index contributed by atoms with van der Waals surface area (Å²) < 4.78 is 5.46. The molecule has 0 unspecified atom stereocenters.